The predicted molar refractivity (Wildman–Crippen MR) is 123 cm³/mol. The first-order valence-electron chi connectivity index (χ1n) is 10.9. The maximum atomic E-state index is 11.5. The predicted octanol–water partition coefficient (Wildman–Crippen LogP) is 5.64. The Morgan fingerprint density at radius 2 is 1.97 bits per heavy atom. The maximum Gasteiger partial charge on any atom is 0.230 e. The molecule has 1 unspecified atom stereocenters. The van der Waals surface area contributed by atoms with Gasteiger partial charge in [0.25, 0.3) is 0 Å². The zero-order valence-electron chi connectivity index (χ0n) is 17.9. The number of para-hydroxylation sites is 3. The Hall–Kier alpha value is -3.51. The summed E-state index contributed by atoms with van der Waals surface area (Å²) in [6, 6.07) is 16.9. The molecule has 2 heterocycles. The quantitative estimate of drug-likeness (QED) is 0.403. The minimum absolute atomic E-state index is 0.147. The van der Waals surface area contributed by atoms with Crippen molar-refractivity contribution >= 4 is 17.3 Å². The Bertz CT molecular complexity index is 1250. The number of H-pyrrole nitrogens is 1. The van der Waals surface area contributed by atoms with Crippen LogP contribution < -0.4 is 4.74 Å². The second kappa shape index (κ2) is 8.20. The topological polar surface area (TPSA) is 88.1 Å². The highest BCUT2D eigenvalue weighted by Gasteiger charge is 2.33. The summed E-state index contributed by atoms with van der Waals surface area (Å²) < 4.78 is 6.20. The van der Waals surface area contributed by atoms with Gasteiger partial charge in [0, 0.05) is 6.20 Å². The highest BCUT2D eigenvalue weighted by Crippen LogP contribution is 2.44. The molecule has 6 nitrogen and oxygen atoms in total. The van der Waals surface area contributed by atoms with E-state index in [2.05, 4.69) is 9.97 Å². The number of nitrogens with one attached hydrogen (secondary N) is 1. The number of benzene rings is 2. The minimum Gasteiger partial charge on any atom is -0.437 e. The average molecular weight is 428 g/mol. The monoisotopic (exact) mass is 427 g/mol. The van der Waals surface area contributed by atoms with Crippen molar-refractivity contribution in [2.45, 2.75) is 44.1 Å². The van der Waals surface area contributed by atoms with E-state index in [0.717, 1.165) is 47.7 Å². The van der Waals surface area contributed by atoms with Crippen LogP contribution in [0.15, 0.2) is 60.8 Å². The lowest BCUT2D eigenvalue weighted by Crippen LogP contribution is -2.31. The Balaban J connectivity index is 1.67. The summed E-state index contributed by atoms with van der Waals surface area (Å²) in [4.78, 5) is 24.3. The van der Waals surface area contributed by atoms with E-state index in [1.165, 1.54) is 0 Å². The van der Waals surface area contributed by atoms with Gasteiger partial charge >= 0.3 is 0 Å². The zero-order chi connectivity index (χ0) is 22.1. The Morgan fingerprint density at radius 3 is 2.78 bits per heavy atom. The lowest BCUT2D eigenvalue weighted by atomic mass is 9.75. The van der Waals surface area contributed by atoms with Crippen LogP contribution in [0.2, 0.25) is 0 Å². The molecule has 0 saturated heterocycles. The number of rotatable bonds is 5. The van der Waals surface area contributed by atoms with Crippen LogP contribution in [0.5, 0.6) is 11.6 Å². The first-order chi connectivity index (χ1) is 15.5. The third kappa shape index (κ3) is 3.89. The fraction of sp³-hybridized carbons (Fsp3) is 0.269. The number of aliphatic hydroxyl groups is 1. The van der Waals surface area contributed by atoms with Gasteiger partial charge in [-0.05, 0) is 74.4 Å². The van der Waals surface area contributed by atoms with Gasteiger partial charge in [-0.1, -0.05) is 24.3 Å². The van der Waals surface area contributed by atoms with Crippen molar-refractivity contribution in [2.24, 2.45) is 0 Å². The molecule has 0 spiro atoms. The number of imidazole rings is 1. The maximum absolute atomic E-state index is 11.5. The smallest absolute Gasteiger partial charge is 0.230 e. The lowest BCUT2D eigenvalue weighted by Gasteiger charge is -2.35. The fourth-order valence-corrected chi connectivity index (χ4v) is 4.69. The molecule has 1 saturated carbocycles. The van der Waals surface area contributed by atoms with Crippen molar-refractivity contribution in [3.63, 3.8) is 0 Å². The molecule has 2 aromatic heterocycles. The van der Waals surface area contributed by atoms with Gasteiger partial charge < -0.3 is 14.8 Å². The number of hydrogen-bond donors (Lipinski definition) is 2. The SMILES string of the molecule is CC1(O)CCC[C@H](c2ccnc(Oc3ccccc3C=O)c2-c2nc3ccccc3[nH]2)C1. The minimum atomic E-state index is -0.706. The summed E-state index contributed by atoms with van der Waals surface area (Å²) in [7, 11) is 0. The van der Waals surface area contributed by atoms with Crippen LogP contribution >= 0.6 is 0 Å². The number of aromatic amines is 1. The van der Waals surface area contributed by atoms with Crippen molar-refractivity contribution in [1.82, 2.24) is 15.0 Å². The Kier molecular flexibility index (Phi) is 5.23. The molecular weight excluding hydrogens is 402 g/mol. The number of hydrogen-bond acceptors (Lipinski definition) is 5. The van der Waals surface area contributed by atoms with Gasteiger partial charge in [0.05, 0.1) is 27.8 Å². The van der Waals surface area contributed by atoms with Crippen molar-refractivity contribution < 1.29 is 14.6 Å². The van der Waals surface area contributed by atoms with Gasteiger partial charge in [-0.3, -0.25) is 4.79 Å². The molecule has 5 rings (SSSR count). The van der Waals surface area contributed by atoms with Crippen LogP contribution in [0.25, 0.3) is 22.4 Å². The molecule has 2 atom stereocenters. The van der Waals surface area contributed by atoms with Crippen LogP contribution in [0, 0.1) is 0 Å². The summed E-state index contributed by atoms with van der Waals surface area (Å²) in [5.74, 6) is 1.65. The third-order valence-electron chi connectivity index (χ3n) is 6.22. The zero-order valence-corrected chi connectivity index (χ0v) is 17.9. The summed E-state index contributed by atoms with van der Waals surface area (Å²) >= 11 is 0. The Morgan fingerprint density at radius 1 is 1.16 bits per heavy atom. The second-order valence-electron chi connectivity index (χ2n) is 8.73. The average Bonchev–Trinajstić information content (AvgIpc) is 3.22. The van der Waals surface area contributed by atoms with Crippen molar-refractivity contribution in [1.29, 1.82) is 0 Å². The second-order valence-corrected chi connectivity index (χ2v) is 8.73. The van der Waals surface area contributed by atoms with E-state index in [1.54, 1.807) is 24.4 Å². The summed E-state index contributed by atoms with van der Waals surface area (Å²) in [6.45, 7) is 1.90. The fourth-order valence-electron chi connectivity index (χ4n) is 4.69. The molecule has 0 amide bonds. The molecule has 0 radical (unpaired) electrons. The molecule has 162 valence electrons. The van der Waals surface area contributed by atoms with Gasteiger partial charge in [0.1, 0.15) is 11.6 Å². The molecular formula is C26H25N3O3. The number of fused-ring (bicyclic) bond motifs is 1. The van der Waals surface area contributed by atoms with Crippen LogP contribution in [-0.4, -0.2) is 31.9 Å². The lowest BCUT2D eigenvalue weighted by molar-refractivity contribution is 0.0145. The van der Waals surface area contributed by atoms with Gasteiger partial charge in [0.15, 0.2) is 6.29 Å². The highest BCUT2D eigenvalue weighted by atomic mass is 16.5. The molecule has 6 heteroatoms. The van der Waals surface area contributed by atoms with E-state index in [-0.39, 0.29) is 5.92 Å². The van der Waals surface area contributed by atoms with Crippen LogP contribution in [0.1, 0.15) is 54.4 Å². The number of carbonyl (C=O) groups excluding carboxylic acids is 1. The first kappa shape index (κ1) is 20.4. The van der Waals surface area contributed by atoms with Gasteiger partial charge in [0.2, 0.25) is 5.88 Å². The molecule has 2 N–H and O–H groups in total. The van der Waals surface area contributed by atoms with Crippen molar-refractivity contribution in [3.05, 3.63) is 71.9 Å². The Labute approximate surface area is 186 Å². The molecule has 0 bridgehead atoms. The summed E-state index contributed by atoms with van der Waals surface area (Å²) in [6.07, 6.45) is 5.88. The van der Waals surface area contributed by atoms with E-state index in [9.17, 15) is 9.90 Å². The number of aldehydes is 1. The number of aromatic nitrogens is 3. The molecule has 1 fully saturated rings. The number of pyridine rings is 1. The van der Waals surface area contributed by atoms with Gasteiger partial charge in [-0.25, -0.2) is 9.97 Å². The van der Waals surface area contributed by atoms with Crippen molar-refractivity contribution in [2.75, 3.05) is 0 Å². The molecule has 4 aromatic rings. The molecule has 32 heavy (non-hydrogen) atoms. The van der Waals surface area contributed by atoms with E-state index in [4.69, 9.17) is 9.72 Å². The summed E-state index contributed by atoms with van der Waals surface area (Å²) in [5, 5.41) is 10.7. The van der Waals surface area contributed by atoms with E-state index in [0.29, 0.717) is 29.4 Å². The molecule has 1 aliphatic rings. The third-order valence-corrected chi connectivity index (χ3v) is 6.22. The van der Waals surface area contributed by atoms with Crippen LogP contribution in [0.3, 0.4) is 0 Å². The molecule has 2 aromatic carbocycles. The number of carbonyl (C=O) groups is 1. The van der Waals surface area contributed by atoms with Gasteiger partial charge in [-0.2, -0.15) is 0 Å². The first-order valence-corrected chi connectivity index (χ1v) is 10.9. The van der Waals surface area contributed by atoms with Crippen LogP contribution in [-0.2, 0) is 0 Å². The standard InChI is InChI=1S/C26H25N3O3/c1-26(31)13-6-8-17(15-26)19-12-14-27-25(32-22-11-5-2-7-18(22)16-30)23(19)24-28-20-9-3-4-10-21(20)29-24/h2-5,7,9-12,14,16-17,31H,6,8,13,15H2,1H3,(H,28,29)/t17-,26?/m0/s1. The molecule has 0 aliphatic heterocycles. The van der Waals surface area contributed by atoms with E-state index >= 15 is 0 Å². The highest BCUT2D eigenvalue weighted by molar-refractivity contribution is 5.82. The number of nitrogens with zero attached hydrogens (tertiary/aromatic N) is 2. The van der Waals surface area contributed by atoms with Crippen LogP contribution in [0.4, 0.5) is 0 Å². The molecule has 1 aliphatic carbocycles. The van der Waals surface area contributed by atoms with Crippen molar-refractivity contribution in [3.8, 4) is 23.0 Å². The normalized spacial score (nSPS) is 20.9. The van der Waals surface area contributed by atoms with E-state index < -0.39 is 5.60 Å². The van der Waals surface area contributed by atoms with E-state index in [1.807, 2.05) is 43.3 Å². The summed E-state index contributed by atoms with van der Waals surface area (Å²) in [5.41, 5.74) is 3.34. The number of ether oxygens (including phenoxy) is 1. The largest absolute Gasteiger partial charge is 0.437 e. The van der Waals surface area contributed by atoms with Gasteiger partial charge in [-0.15, -0.1) is 0 Å².